The number of nitrogens with zero attached hydrogens (tertiary/aromatic N) is 1. The van der Waals surface area contributed by atoms with Crippen LogP contribution in [0.2, 0.25) is 0 Å². The highest BCUT2D eigenvalue weighted by Gasteiger charge is 2.28. The fraction of sp³-hybridized carbons (Fsp3) is 1.00. The normalized spacial score (nSPS) is 20.6. The quantitative estimate of drug-likeness (QED) is 0.714. The summed E-state index contributed by atoms with van der Waals surface area (Å²) in [4.78, 5) is 2.59. The van der Waals surface area contributed by atoms with Crippen molar-refractivity contribution in [1.82, 2.24) is 10.2 Å². The van der Waals surface area contributed by atoms with Crippen LogP contribution in [0, 0.1) is 11.3 Å². The fourth-order valence-corrected chi connectivity index (χ4v) is 3.66. The third-order valence-corrected chi connectivity index (χ3v) is 4.60. The molecule has 0 aromatic rings. The van der Waals surface area contributed by atoms with Gasteiger partial charge in [0.25, 0.3) is 0 Å². The van der Waals surface area contributed by atoms with Gasteiger partial charge in [0, 0.05) is 25.2 Å². The van der Waals surface area contributed by atoms with Crippen molar-refractivity contribution in [3.05, 3.63) is 0 Å². The standard InChI is InChI=1S/C18H38N2/c1-7-12-18(5,14-19-17(2,3)4)15-20(6)13-16-10-8-9-11-16/h16,19H,7-15H2,1-6H3. The van der Waals surface area contributed by atoms with Crippen molar-refractivity contribution in [2.45, 2.75) is 78.7 Å². The molecule has 0 bridgehead atoms. The molecule has 1 unspecified atom stereocenters. The van der Waals surface area contributed by atoms with Crippen molar-refractivity contribution in [2.75, 3.05) is 26.7 Å². The summed E-state index contributed by atoms with van der Waals surface area (Å²) in [5.74, 6) is 0.960. The van der Waals surface area contributed by atoms with E-state index in [1.165, 1.54) is 51.6 Å². The molecule has 1 rings (SSSR count). The molecule has 1 atom stereocenters. The maximum absolute atomic E-state index is 3.72. The van der Waals surface area contributed by atoms with Gasteiger partial charge in [0.1, 0.15) is 0 Å². The number of nitrogens with one attached hydrogen (secondary N) is 1. The van der Waals surface area contributed by atoms with E-state index in [0.29, 0.717) is 5.41 Å². The van der Waals surface area contributed by atoms with E-state index in [9.17, 15) is 0 Å². The summed E-state index contributed by atoms with van der Waals surface area (Å²) in [6, 6.07) is 0. The average molecular weight is 283 g/mol. The highest BCUT2D eigenvalue weighted by atomic mass is 15.1. The zero-order valence-electron chi connectivity index (χ0n) is 14.9. The second-order valence-electron chi connectivity index (χ2n) is 8.51. The largest absolute Gasteiger partial charge is 0.311 e. The Kier molecular flexibility index (Phi) is 7.00. The van der Waals surface area contributed by atoms with Gasteiger partial charge in [0.05, 0.1) is 0 Å². The molecule has 1 aliphatic carbocycles. The molecular weight excluding hydrogens is 244 g/mol. The van der Waals surface area contributed by atoms with Crippen LogP contribution in [-0.4, -0.2) is 37.1 Å². The minimum atomic E-state index is 0.221. The van der Waals surface area contributed by atoms with E-state index in [1.807, 2.05) is 0 Å². The van der Waals surface area contributed by atoms with E-state index in [4.69, 9.17) is 0 Å². The zero-order valence-corrected chi connectivity index (χ0v) is 14.9. The van der Waals surface area contributed by atoms with Gasteiger partial charge in [-0.1, -0.05) is 33.1 Å². The first-order chi connectivity index (χ1) is 9.24. The van der Waals surface area contributed by atoms with Crippen molar-refractivity contribution in [2.24, 2.45) is 11.3 Å². The van der Waals surface area contributed by atoms with Crippen LogP contribution in [0.25, 0.3) is 0 Å². The van der Waals surface area contributed by atoms with Gasteiger partial charge in [-0.25, -0.2) is 0 Å². The lowest BCUT2D eigenvalue weighted by atomic mass is 9.84. The van der Waals surface area contributed by atoms with Gasteiger partial charge >= 0.3 is 0 Å². The van der Waals surface area contributed by atoms with E-state index in [0.717, 1.165) is 12.5 Å². The van der Waals surface area contributed by atoms with Crippen LogP contribution in [0.3, 0.4) is 0 Å². The summed E-state index contributed by atoms with van der Waals surface area (Å²) >= 11 is 0. The second-order valence-corrected chi connectivity index (χ2v) is 8.51. The molecule has 0 heterocycles. The fourth-order valence-electron chi connectivity index (χ4n) is 3.66. The lowest BCUT2D eigenvalue weighted by Crippen LogP contribution is -2.47. The molecule has 0 aromatic heterocycles. The Labute approximate surface area is 127 Å². The number of hydrogen-bond acceptors (Lipinski definition) is 2. The van der Waals surface area contributed by atoms with Crippen LogP contribution >= 0.6 is 0 Å². The van der Waals surface area contributed by atoms with Crippen LogP contribution < -0.4 is 5.32 Å². The molecule has 0 saturated heterocycles. The molecule has 0 amide bonds. The summed E-state index contributed by atoms with van der Waals surface area (Å²) in [5.41, 5.74) is 0.619. The van der Waals surface area contributed by atoms with Crippen molar-refractivity contribution in [1.29, 1.82) is 0 Å². The first kappa shape index (κ1) is 18.0. The molecular formula is C18H38N2. The predicted molar refractivity (Wildman–Crippen MR) is 90.2 cm³/mol. The molecule has 0 aliphatic heterocycles. The molecule has 120 valence electrons. The Balaban J connectivity index is 2.46. The Morgan fingerprint density at radius 2 is 1.70 bits per heavy atom. The molecule has 2 heteroatoms. The van der Waals surface area contributed by atoms with Crippen LogP contribution in [0.15, 0.2) is 0 Å². The maximum Gasteiger partial charge on any atom is 0.00967 e. The van der Waals surface area contributed by atoms with Crippen molar-refractivity contribution < 1.29 is 0 Å². The molecule has 1 fully saturated rings. The molecule has 0 aromatic carbocycles. The van der Waals surface area contributed by atoms with Gasteiger partial charge in [-0.15, -0.1) is 0 Å². The molecule has 2 nitrogen and oxygen atoms in total. The van der Waals surface area contributed by atoms with E-state index in [-0.39, 0.29) is 5.54 Å². The van der Waals surface area contributed by atoms with Gasteiger partial charge in [0.15, 0.2) is 0 Å². The second kappa shape index (κ2) is 7.79. The summed E-state index contributed by atoms with van der Waals surface area (Å²) in [6.07, 6.45) is 8.40. The topological polar surface area (TPSA) is 15.3 Å². The van der Waals surface area contributed by atoms with Crippen LogP contribution in [-0.2, 0) is 0 Å². The third kappa shape index (κ3) is 7.08. The highest BCUT2D eigenvalue weighted by Crippen LogP contribution is 2.28. The van der Waals surface area contributed by atoms with Crippen LogP contribution in [0.5, 0.6) is 0 Å². The van der Waals surface area contributed by atoms with Crippen LogP contribution in [0.1, 0.15) is 73.1 Å². The maximum atomic E-state index is 3.72. The SMILES string of the molecule is CCCC(C)(CNC(C)(C)C)CN(C)CC1CCCC1. The first-order valence-electron chi connectivity index (χ1n) is 8.68. The summed E-state index contributed by atoms with van der Waals surface area (Å²) in [5, 5.41) is 3.72. The van der Waals surface area contributed by atoms with Gasteiger partial charge in [0.2, 0.25) is 0 Å². The van der Waals surface area contributed by atoms with Gasteiger partial charge < -0.3 is 10.2 Å². The molecule has 1 N–H and O–H groups in total. The smallest absolute Gasteiger partial charge is 0.00967 e. The Morgan fingerprint density at radius 1 is 1.10 bits per heavy atom. The predicted octanol–water partition coefficient (Wildman–Crippen LogP) is 4.30. The Morgan fingerprint density at radius 3 is 2.20 bits per heavy atom. The molecule has 20 heavy (non-hydrogen) atoms. The summed E-state index contributed by atoms with van der Waals surface area (Å²) < 4.78 is 0. The van der Waals surface area contributed by atoms with Gasteiger partial charge in [-0.2, -0.15) is 0 Å². The van der Waals surface area contributed by atoms with E-state index >= 15 is 0 Å². The highest BCUT2D eigenvalue weighted by molar-refractivity contribution is 4.84. The number of hydrogen-bond donors (Lipinski definition) is 1. The lowest BCUT2D eigenvalue weighted by Gasteiger charge is -2.37. The van der Waals surface area contributed by atoms with Gasteiger partial charge in [-0.05, 0) is 58.4 Å². The average Bonchev–Trinajstić information content (AvgIpc) is 2.78. The van der Waals surface area contributed by atoms with Gasteiger partial charge in [-0.3, -0.25) is 0 Å². The van der Waals surface area contributed by atoms with Crippen molar-refractivity contribution >= 4 is 0 Å². The summed E-state index contributed by atoms with van der Waals surface area (Å²) in [7, 11) is 2.32. The minimum Gasteiger partial charge on any atom is -0.311 e. The van der Waals surface area contributed by atoms with Crippen LogP contribution in [0.4, 0.5) is 0 Å². The number of rotatable bonds is 8. The third-order valence-electron chi connectivity index (χ3n) is 4.60. The Bertz CT molecular complexity index is 263. The lowest BCUT2D eigenvalue weighted by molar-refractivity contribution is 0.148. The summed E-state index contributed by atoms with van der Waals surface area (Å²) in [6.45, 7) is 15.2. The molecule has 1 aliphatic rings. The van der Waals surface area contributed by atoms with E-state index in [2.05, 4.69) is 51.9 Å². The van der Waals surface area contributed by atoms with E-state index in [1.54, 1.807) is 0 Å². The van der Waals surface area contributed by atoms with Crippen molar-refractivity contribution in [3.63, 3.8) is 0 Å². The van der Waals surface area contributed by atoms with E-state index < -0.39 is 0 Å². The van der Waals surface area contributed by atoms with Crippen molar-refractivity contribution in [3.8, 4) is 0 Å². The molecule has 0 radical (unpaired) electrons. The minimum absolute atomic E-state index is 0.221. The zero-order chi connectivity index (χ0) is 15.2. The molecule has 1 saturated carbocycles. The monoisotopic (exact) mass is 282 g/mol. The first-order valence-corrected chi connectivity index (χ1v) is 8.68. The Hall–Kier alpha value is -0.0800. The molecule has 0 spiro atoms.